The Morgan fingerprint density at radius 1 is 1.50 bits per heavy atom. The lowest BCUT2D eigenvalue weighted by molar-refractivity contribution is -0.132. The maximum atomic E-state index is 11.8. The molecule has 0 unspecified atom stereocenters. The van der Waals surface area contributed by atoms with Crippen LogP contribution in [0.1, 0.15) is 12.0 Å². The molecule has 18 heavy (non-hydrogen) atoms. The monoisotopic (exact) mass is 250 g/mol. The van der Waals surface area contributed by atoms with Crippen molar-refractivity contribution in [3.05, 3.63) is 29.8 Å². The average Bonchev–Trinajstić information content (AvgIpc) is 2.83. The molecule has 1 aliphatic rings. The summed E-state index contributed by atoms with van der Waals surface area (Å²) >= 11 is 0. The average molecular weight is 250 g/mol. The molecule has 0 saturated carbocycles. The van der Waals surface area contributed by atoms with E-state index in [0.29, 0.717) is 31.8 Å². The number of nitrogens with two attached hydrogens (primary N) is 1. The topological polar surface area (TPSA) is 75.8 Å². The maximum absolute atomic E-state index is 11.8. The molecular weight excluding hydrogens is 232 g/mol. The highest BCUT2D eigenvalue weighted by Crippen LogP contribution is 2.17. The van der Waals surface area contributed by atoms with Crippen molar-refractivity contribution in [3.8, 4) is 5.75 Å². The predicted octanol–water partition coefficient (Wildman–Crippen LogP) is 0.117. The number of carbonyl (C=O) groups excluding carboxylic acids is 1. The summed E-state index contributed by atoms with van der Waals surface area (Å²) in [5.41, 5.74) is 6.47. The van der Waals surface area contributed by atoms with Crippen molar-refractivity contribution in [1.82, 2.24) is 4.90 Å². The Bertz CT molecular complexity index is 422. The summed E-state index contributed by atoms with van der Waals surface area (Å²) in [6.07, 6.45) is 0.246. The molecule has 1 saturated heterocycles. The van der Waals surface area contributed by atoms with Gasteiger partial charge in [-0.1, -0.05) is 18.2 Å². The number of β-amino-alcohol motifs (C(OH)–C–C–N with tert-alkyl or cyclic N) is 1. The molecule has 1 fully saturated rings. The highest BCUT2D eigenvalue weighted by Gasteiger charge is 2.24. The van der Waals surface area contributed by atoms with Gasteiger partial charge in [-0.15, -0.1) is 0 Å². The molecule has 0 radical (unpaired) electrons. The van der Waals surface area contributed by atoms with Gasteiger partial charge in [0.2, 0.25) is 0 Å². The highest BCUT2D eigenvalue weighted by molar-refractivity contribution is 5.78. The van der Waals surface area contributed by atoms with E-state index in [-0.39, 0.29) is 12.5 Å². The first kappa shape index (κ1) is 12.9. The van der Waals surface area contributed by atoms with Gasteiger partial charge >= 0.3 is 0 Å². The van der Waals surface area contributed by atoms with Gasteiger partial charge < -0.3 is 20.5 Å². The zero-order valence-electron chi connectivity index (χ0n) is 10.2. The van der Waals surface area contributed by atoms with E-state index in [9.17, 15) is 9.90 Å². The molecule has 5 nitrogen and oxygen atoms in total. The summed E-state index contributed by atoms with van der Waals surface area (Å²) in [4.78, 5) is 13.4. The first-order chi connectivity index (χ1) is 8.70. The number of aliphatic hydroxyl groups is 1. The van der Waals surface area contributed by atoms with Crippen molar-refractivity contribution >= 4 is 5.91 Å². The number of benzene rings is 1. The highest BCUT2D eigenvalue weighted by atomic mass is 16.5. The number of nitrogens with zero attached hydrogens (tertiary/aromatic N) is 1. The van der Waals surface area contributed by atoms with Gasteiger partial charge in [-0.3, -0.25) is 4.79 Å². The zero-order valence-corrected chi connectivity index (χ0v) is 10.2. The summed E-state index contributed by atoms with van der Waals surface area (Å²) in [5.74, 6) is 0.548. The summed E-state index contributed by atoms with van der Waals surface area (Å²) in [6, 6.07) is 7.40. The van der Waals surface area contributed by atoms with E-state index in [0.717, 1.165) is 5.56 Å². The summed E-state index contributed by atoms with van der Waals surface area (Å²) in [6.45, 7) is 1.37. The Hall–Kier alpha value is -1.59. The third-order valence-corrected chi connectivity index (χ3v) is 3.06. The Morgan fingerprint density at radius 3 is 2.94 bits per heavy atom. The number of para-hydroxylation sites is 1. The third-order valence-electron chi connectivity index (χ3n) is 3.06. The van der Waals surface area contributed by atoms with Crippen molar-refractivity contribution < 1.29 is 14.6 Å². The number of ether oxygens (including phenoxy) is 1. The molecular formula is C13H18N2O3. The SMILES string of the molecule is NCc1ccccc1OCC(=O)N1CC[C@H](O)C1. The van der Waals surface area contributed by atoms with Crippen LogP contribution in [0.4, 0.5) is 0 Å². The molecule has 1 aromatic carbocycles. The van der Waals surface area contributed by atoms with E-state index in [1.54, 1.807) is 11.0 Å². The van der Waals surface area contributed by atoms with Gasteiger partial charge in [0.1, 0.15) is 5.75 Å². The first-order valence-corrected chi connectivity index (χ1v) is 6.07. The number of amides is 1. The lowest BCUT2D eigenvalue weighted by Crippen LogP contribution is -2.33. The van der Waals surface area contributed by atoms with Crippen molar-refractivity contribution in [3.63, 3.8) is 0 Å². The van der Waals surface area contributed by atoms with Crippen LogP contribution in [-0.2, 0) is 11.3 Å². The van der Waals surface area contributed by atoms with E-state index >= 15 is 0 Å². The van der Waals surface area contributed by atoms with E-state index in [4.69, 9.17) is 10.5 Å². The van der Waals surface area contributed by atoms with Gasteiger partial charge in [-0.25, -0.2) is 0 Å². The standard InChI is InChI=1S/C13H18N2O3/c14-7-10-3-1-2-4-12(10)18-9-13(17)15-6-5-11(16)8-15/h1-4,11,16H,5-9,14H2/t11-/m0/s1. The fourth-order valence-corrected chi connectivity index (χ4v) is 2.01. The molecule has 0 aromatic heterocycles. The maximum Gasteiger partial charge on any atom is 0.260 e. The van der Waals surface area contributed by atoms with Gasteiger partial charge in [0.05, 0.1) is 6.10 Å². The Morgan fingerprint density at radius 2 is 2.28 bits per heavy atom. The van der Waals surface area contributed by atoms with E-state index in [1.165, 1.54) is 0 Å². The molecule has 5 heteroatoms. The summed E-state index contributed by atoms with van der Waals surface area (Å²) < 4.78 is 5.48. The number of hydrogen-bond donors (Lipinski definition) is 2. The second-order valence-corrected chi connectivity index (χ2v) is 4.38. The Labute approximate surface area is 106 Å². The summed E-state index contributed by atoms with van der Waals surface area (Å²) in [7, 11) is 0. The third kappa shape index (κ3) is 3.00. The van der Waals surface area contributed by atoms with Crippen LogP contribution < -0.4 is 10.5 Å². The smallest absolute Gasteiger partial charge is 0.260 e. The van der Waals surface area contributed by atoms with E-state index in [1.807, 2.05) is 18.2 Å². The molecule has 1 amide bonds. The number of aliphatic hydroxyl groups excluding tert-OH is 1. The van der Waals surface area contributed by atoms with Gasteiger partial charge in [0.15, 0.2) is 6.61 Å². The van der Waals surface area contributed by atoms with Crippen LogP contribution in [-0.4, -0.2) is 41.7 Å². The molecule has 1 atom stereocenters. The van der Waals surface area contributed by atoms with E-state index < -0.39 is 6.10 Å². The minimum absolute atomic E-state index is 0.0102. The molecule has 3 N–H and O–H groups in total. The van der Waals surface area contributed by atoms with Crippen molar-refractivity contribution in [1.29, 1.82) is 0 Å². The van der Waals surface area contributed by atoms with Crippen LogP contribution >= 0.6 is 0 Å². The normalized spacial score (nSPS) is 19.0. The molecule has 98 valence electrons. The first-order valence-electron chi connectivity index (χ1n) is 6.07. The van der Waals surface area contributed by atoms with Crippen LogP contribution in [0.5, 0.6) is 5.75 Å². The van der Waals surface area contributed by atoms with Crippen LogP contribution in [0.2, 0.25) is 0 Å². The molecule has 2 rings (SSSR count). The minimum atomic E-state index is -0.398. The molecule has 1 heterocycles. The van der Waals surface area contributed by atoms with Gasteiger partial charge in [0, 0.05) is 25.2 Å². The predicted molar refractivity (Wildman–Crippen MR) is 67.0 cm³/mol. The van der Waals surface area contributed by atoms with Crippen molar-refractivity contribution in [2.24, 2.45) is 5.73 Å². The molecule has 0 aliphatic carbocycles. The zero-order chi connectivity index (χ0) is 13.0. The number of carbonyl (C=O) groups is 1. The molecule has 1 aliphatic heterocycles. The second-order valence-electron chi connectivity index (χ2n) is 4.38. The van der Waals surface area contributed by atoms with Crippen LogP contribution in [0, 0.1) is 0 Å². The fourth-order valence-electron chi connectivity index (χ4n) is 2.01. The minimum Gasteiger partial charge on any atom is -0.483 e. The largest absolute Gasteiger partial charge is 0.483 e. The van der Waals surface area contributed by atoms with Crippen LogP contribution in [0.3, 0.4) is 0 Å². The number of likely N-dealkylation sites (tertiary alicyclic amines) is 1. The van der Waals surface area contributed by atoms with E-state index in [2.05, 4.69) is 0 Å². The quantitative estimate of drug-likeness (QED) is 0.795. The van der Waals surface area contributed by atoms with Gasteiger partial charge in [0.25, 0.3) is 5.91 Å². The lowest BCUT2D eigenvalue weighted by Gasteiger charge is -2.16. The van der Waals surface area contributed by atoms with Gasteiger partial charge in [-0.2, -0.15) is 0 Å². The van der Waals surface area contributed by atoms with Crippen molar-refractivity contribution in [2.45, 2.75) is 19.1 Å². The fraction of sp³-hybridized carbons (Fsp3) is 0.462. The molecule has 1 aromatic rings. The van der Waals surface area contributed by atoms with Crippen LogP contribution in [0.15, 0.2) is 24.3 Å². The Balaban J connectivity index is 1.89. The Kier molecular flexibility index (Phi) is 4.17. The summed E-state index contributed by atoms with van der Waals surface area (Å²) in [5, 5.41) is 9.36. The van der Waals surface area contributed by atoms with Gasteiger partial charge in [-0.05, 0) is 12.5 Å². The number of rotatable bonds is 4. The molecule has 0 bridgehead atoms. The lowest BCUT2D eigenvalue weighted by atomic mass is 10.2. The van der Waals surface area contributed by atoms with Crippen LogP contribution in [0.25, 0.3) is 0 Å². The van der Waals surface area contributed by atoms with Crippen molar-refractivity contribution in [2.75, 3.05) is 19.7 Å². The second kappa shape index (κ2) is 5.84. The number of hydrogen-bond acceptors (Lipinski definition) is 4. The molecule has 0 spiro atoms.